The van der Waals surface area contributed by atoms with Crippen LogP contribution in [-0.4, -0.2) is 18.2 Å². The summed E-state index contributed by atoms with van der Waals surface area (Å²) in [6.07, 6.45) is -1.31. The molecule has 0 spiro atoms. The lowest BCUT2D eigenvalue weighted by molar-refractivity contribution is 0.287. The maximum absolute atomic E-state index is 11.4. The minimum Gasteiger partial charge on any atom is -0.248 e. The quantitative estimate of drug-likeness (QED) is 0.537. The normalized spacial score (nSPS) is 14.5. The van der Waals surface area contributed by atoms with E-state index in [-0.39, 0.29) is 5.33 Å². The molecule has 0 rings (SSSR count). The molecule has 0 saturated heterocycles. The van der Waals surface area contributed by atoms with E-state index < -0.39 is 12.8 Å². The largest absolute Gasteiger partial charge is 0.248 e. The molecule has 0 aromatic rings. The van der Waals surface area contributed by atoms with Crippen LogP contribution in [0.4, 0.5) is 8.78 Å². The van der Waals surface area contributed by atoms with Crippen LogP contribution in [0.25, 0.3) is 0 Å². The first kappa shape index (κ1) is 6.34. The first-order valence-electron chi connectivity index (χ1n) is 1.57. The molecule has 3 heteroatoms. The maximum Gasteiger partial charge on any atom is 0.138 e. The summed E-state index contributed by atoms with van der Waals surface area (Å²) >= 11 is 2.76. The van der Waals surface area contributed by atoms with Gasteiger partial charge in [0.15, 0.2) is 0 Å². The van der Waals surface area contributed by atoms with Crippen LogP contribution < -0.4 is 0 Å². The average molecular weight is 159 g/mol. The molecule has 0 N–H and O–H groups in total. The Morgan fingerprint density at radius 3 is 2.17 bits per heavy atom. The van der Waals surface area contributed by atoms with E-state index in [0.717, 1.165) is 0 Å². The molecule has 0 radical (unpaired) electrons. The fourth-order valence-electron chi connectivity index (χ4n) is 0.0412. The van der Waals surface area contributed by atoms with Crippen LogP contribution in [0.3, 0.4) is 0 Å². The smallest absolute Gasteiger partial charge is 0.138 e. The Kier molecular flexibility index (Phi) is 3.73. The SMILES string of the molecule is FCC(F)CBr. The Hall–Kier alpha value is 0.340. The Bertz CT molecular complexity index is 28.0. The van der Waals surface area contributed by atoms with Crippen LogP contribution in [0.5, 0.6) is 0 Å². The van der Waals surface area contributed by atoms with E-state index in [2.05, 4.69) is 15.9 Å². The van der Waals surface area contributed by atoms with Crippen molar-refractivity contribution < 1.29 is 8.78 Å². The molecule has 0 aromatic carbocycles. The number of rotatable bonds is 2. The third-order valence-electron chi connectivity index (χ3n) is 0.335. The predicted molar refractivity (Wildman–Crippen MR) is 24.7 cm³/mol. The van der Waals surface area contributed by atoms with E-state index in [1.807, 2.05) is 0 Å². The van der Waals surface area contributed by atoms with E-state index in [1.54, 1.807) is 0 Å². The summed E-state index contributed by atoms with van der Waals surface area (Å²) < 4.78 is 22.4. The maximum atomic E-state index is 11.4. The molecule has 0 saturated carbocycles. The molecule has 0 aliphatic carbocycles. The lowest BCUT2D eigenvalue weighted by atomic mass is 10.5. The molecule has 1 unspecified atom stereocenters. The van der Waals surface area contributed by atoms with Gasteiger partial charge in [0.2, 0.25) is 0 Å². The highest BCUT2D eigenvalue weighted by Crippen LogP contribution is 1.94. The van der Waals surface area contributed by atoms with Crippen LogP contribution in [0.15, 0.2) is 0 Å². The van der Waals surface area contributed by atoms with E-state index in [1.165, 1.54) is 0 Å². The van der Waals surface area contributed by atoms with E-state index in [0.29, 0.717) is 0 Å². The van der Waals surface area contributed by atoms with Gasteiger partial charge in [-0.3, -0.25) is 0 Å². The molecule has 0 heterocycles. The third kappa shape index (κ3) is 2.57. The van der Waals surface area contributed by atoms with Gasteiger partial charge in [-0.25, -0.2) is 8.78 Å². The van der Waals surface area contributed by atoms with Gasteiger partial charge in [-0.15, -0.1) is 0 Å². The summed E-state index contributed by atoms with van der Waals surface area (Å²) in [5.41, 5.74) is 0. The molecule has 0 amide bonds. The third-order valence-corrected chi connectivity index (χ3v) is 1.04. The van der Waals surface area contributed by atoms with Crippen LogP contribution in [0.2, 0.25) is 0 Å². The number of alkyl halides is 3. The second-order valence-electron chi connectivity index (χ2n) is 0.906. The van der Waals surface area contributed by atoms with Crippen molar-refractivity contribution in [2.75, 3.05) is 12.0 Å². The van der Waals surface area contributed by atoms with Gasteiger partial charge < -0.3 is 0 Å². The van der Waals surface area contributed by atoms with Gasteiger partial charge >= 0.3 is 0 Å². The zero-order valence-electron chi connectivity index (χ0n) is 3.13. The van der Waals surface area contributed by atoms with Crippen molar-refractivity contribution in [1.29, 1.82) is 0 Å². The van der Waals surface area contributed by atoms with E-state index in [4.69, 9.17) is 0 Å². The molecule has 1 atom stereocenters. The second kappa shape index (κ2) is 3.53. The van der Waals surface area contributed by atoms with Crippen LogP contribution in [0.1, 0.15) is 0 Å². The lowest BCUT2D eigenvalue weighted by Crippen LogP contribution is -2.01. The second-order valence-corrected chi connectivity index (χ2v) is 1.55. The molecular formula is C3H5BrF2. The van der Waals surface area contributed by atoms with Crippen LogP contribution in [-0.2, 0) is 0 Å². The van der Waals surface area contributed by atoms with Crippen molar-refractivity contribution in [3.63, 3.8) is 0 Å². The molecule has 0 aliphatic rings. The fraction of sp³-hybridized carbons (Fsp3) is 1.00. The van der Waals surface area contributed by atoms with Crippen molar-refractivity contribution in [2.24, 2.45) is 0 Å². The Balaban J connectivity index is 2.75. The van der Waals surface area contributed by atoms with Crippen molar-refractivity contribution >= 4 is 15.9 Å². The molecule has 0 aromatic heterocycles. The van der Waals surface area contributed by atoms with Gasteiger partial charge in [0.25, 0.3) is 0 Å². The van der Waals surface area contributed by atoms with Gasteiger partial charge in [-0.1, -0.05) is 15.9 Å². The van der Waals surface area contributed by atoms with Crippen LogP contribution in [0, 0.1) is 0 Å². The van der Waals surface area contributed by atoms with Crippen LogP contribution >= 0.6 is 15.9 Å². The van der Waals surface area contributed by atoms with Gasteiger partial charge in [-0.05, 0) is 0 Å². The van der Waals surface area contributed by atoms with Gasteiger partial charge in [0.05, 0.1) is 0 Å². The monoisotopic (exact) mass is 158 g/mol. The first-order valence-corrected chi connectivity index (χ1v) is 2.69. The Labute approximate surface area is 43.7 Å². The molecule has 38 valence electrons. The zero-order valence-corrected chi connectivity index (χ0v) is 4.71. The van der Waals surface area contributed by atoms with Crippen molar-refractivity contribution in [1.82, 2.24) is 0 Å². The number of halogens is 3. The van der Waals surface area contributed by atoms with Gasteiger partial charge in [-0.2, -0.15) is 0 Å². The minimum absolute atomic E-state index is 0.101. The summed E-state index contributed by atoms with van der Waals surface area (Å²) in [4.78, 5) is 0. The van der Waals surface area contributed by atoms with Crippen molar-refractivity contribution in [3.8, 4) is 0 Å². The summed E-state index contributed by atoms with van der Waals surface area (Å²) in [5.74, 6) is 0. The lowest BCUT2D eigenvalue weighted by Gasteiger charge is -1.90. The predicted octanol–water partition coefficient (Wildman–Crippen LogP) is 1.69. The molecule has 6 heavy (non-hydrogen) atoms. The molecular weight excluding hydrogens is 154 g/mol. The Morgan fingerprint density at radius 1 is 1.67 bits per heavy atom. The fourth-order valence-corrected chi connectivity index (χ4v) is 0.214. The molecule has 0 nitrogen and oxygen atoms in total. The summed E-state index contributed by atoms with van der Waals surface area (Å²) in [5, 5.41) is 0.101. The molecule has 0 fully saturated rings. The number of hydrogen-bond acceptors (Lipinski definition) is 0. The summed E-state index contributed by atoms with van der Waals surface area (Å²) in [6, 6.07) is 0. The molecule has 0 bridgehead atoms. The van der Waals surface area contributed by atoms with Crippen molar-refractivity contribution in [3.05, 3.63) is 0 Å². The highest BCUT2D eigenvalue weighted by Gasteiger charge is 1.98. The van der Waals surface area contributed by atoms with Crippen molar-refractivity contribution in [2.45, 2.75) is 6.17 Å². The van der Waals surface area contributed by atoms with E-state index in [9.17, 15) is 8.78 Å². The standard InChI is InChI=1S/C3H5BrF2/c4-1-3(6)2-5/h3H,1-2H2. The highest BCUT2D eigenvalue weighted by molar-refractivity contribution is 9.09. The first-order chi connectivity index (χ1) is 2.81. The van der Waals surface area contributed by atoms with E-state index >= 15 is 0 Å². The highest BCUT2D eigenvalue weighted by atomic mass is 79.9. The number of hydrogen-bond donors (Lipinski definition) is 0. The topological polar surface area (TPSA) is 0 Å². The Morgan fingerprint density at radius 2 is 2.17 bits per heavy atom. The zero-order chi connectivity index (χ0) is 4.99. The molecule has 0 aliphatic heterocycles. The van der Waals surface area contributed by atoms with Gasteiger partial charge in [0.1, 0.15) is 12.8 Å². The van der Waals surface area contributed by atoms with Gasteiger partial charge in [0, 0.05) is 5.33 Å². The summed E-state index contributed by atoms with van der Waals surface area (Å²) in [6.45, 7) is -0.884. The average Bonchev–Trinajstić information content (AvgIpc) is 1.65. The summed E-state index contributed by atoms with van der Waals surface area (Å²) in [7, 11) is 0. The minimum atomic E-state index is -1.31.